The summed E-state index contributed by atoms with van der Waals surface area (Å²) in [5.41, 5.74) is 0.898. The van der Waals surface area contributed by atoms with Crippen molar-refractivity contribution in [3.05, 3.63) is 53.4 Å². The molecule has 9 heteroatoms. The van der Waals surface area contributed by atoms with Crippen molar-refractivity contribution in [3.8, 4) is 5.75 Å². The molecule has 2 atom stereocenters. The largest absolute Gasteiger partial charge is 0.497 e. The molecule has 0 radical (unpaired) electrons. The first-order valence-electron chi connectivity index (χ1n) is 10.9. The zero-order valence-electron chi connectivity index (χ0n) is 20.1. The first kappa shape index (κ1) is 25.7. The lowest BCUT2D eigenvalue weighted by atomic mass is 9.92. The van der Waals surface area contributed by atoms with Crippen LogP contribution in [-0.2, 0) is 21.2 Å². The summed E-state index contributed by atoms with van der Waals surface area (Å²) < 4.78 is 34.6. The Morgan fingerprint density at radius 1 is 1.27 bits per heavy atom. The molecule has 6 nitrogen and oxygen atoms in total. The van der Waals surface area contributed by atoms with Crippen LogP contribution in [0.25, 0.3) is 0 Å². The molecule has 2 aromatic rings. The maximum Gasteiger partial charge on any atom is 0.322 e. The number of hydrogen-bond acceptors (Lipinski definition) is 5. The Bertz CT molecular complexity index is 1150. The third-order valence-corrected chi connectivity index (χ3v) is 17.0. The minimum Gasteiger partial charge on any atom is -0.497 e. The number of ether oxygens (including phenoxy) is 1. The van der Waals surface area contributed by atoms with Gasteiger partial charge in [-0.2, -0.15) is 4.31 Å². The first-order chi connectivity index (χ1) is 15.3. The Morgan fingerprint density at radius 2 is 1.88 bits per heavy atom. The fraction of sp³-hybridized carbons (Fsp3) is 0.458. The molecule has 2 heterocycles. The molecule has 0 bridgehead atoms. The van der Waals surface area contributed by atoms with Gasteiger partial charge in [0.05, 0.1) is 20.1 Å². The van der Waals surface area contributed by atoms with E-state index in [2.05, 4.69) is 46.5 Å². The van der Waals surface area contributed by atoms with Crippen LogP contribution in [0.5, 0.6) is 5.75 Å². The highest BCUT2D eigenvalue weighted by Crippen LogP contribution is 2.41. The highest BCUT2D eigenvalue weighted by Gasteiger charge is 2.45. The first-order valence-corrected chi connectivity index (χ1v) is 16.2. The smallest absolute Gasteiger partial charge is 0.322 e. The van der Waals surface area contributed by atoms with Crippen molar-refractivity contribution in [1.29, 1.82) is 0 Å². The molecule has 0 saturated carbocycles. The normalized spacial score (nSPS) is 20.1. The minimum atomic E-state index is -4.04. The lowest BCUT2D eigenvalue weighted by Crippen LogP contribution is -2.49. The molecule has 0 saturated heterocycles. The predicted molar refractivity (Wildman–Crippen MR) is 136 cm³/mol. The molecule has 1 aliphatic rings. The van der Waals surface area contributed by atoms with Gasteiger partial charge in [0.2, 0.25) is 10.0 Å². The lowest BCUT2D eigenvalue weighted by molar-refractivity contribution is -0.141. The van der Waals surface area contributed by atoms with Crippen molar-refractivity contribution in [1.82, 2.24) is 4.31 Å². The van der Waals surface area contributed by atoms with E-state index < -0.39 is 36.0 Å². The molecule has 0 aliphatic carbocycles. The second kappa shape index (κ2) is 9.01. The van der Waals surface area contributed by atoms with Crippen molar-refractivity contribution < 1.29 is 23.1 Å². The number of nitrogens with zero attached hydrogens (tertiary/aromatic N) is 1. The molecular weight excluding hydrogens is 474 g/mol. The second-order valence-corrected chi connectivity index (χ2v) is 18.6. The number of sulfonamides is 1. The maximum absolute atomic E-state index is 13.5. The molecule has 0 amide bonds. The summed E-state index contributed by atoms with van der Waals surface area (Å²) in [6, 6.07) is 6.89. The van der Waals surface area contributed by atoms with Gasteiger partial charge in [-0.25, -0.2) is 8.42 Å². The fourth-order valence-electron chi connectivity index (χ4n) is 3.98. The Hall–Kier alpha value is -1.94. The van der Waals surface area contributed by atoms with Gasteiger partial charge in [-0.05, 0) is 51.9 Å². The number of carboxylic acid groups (broad SMARTS) is 1. The van der Waals surface area contributed by atoms with E-state index in [1.165, 1.54) is 23.7 Å². The topological polar surface area (TPSA) is 83.9 Å². The van der Waals surface area contributed by atoms with E-state index in [0.29, 0.717) is 12.2 Å². The number of carboxylic acids is 1. The van der Waals surface area contributed by atoms with E-state index in [4.69, 9.17) is 4.74 Å². The van der Waals surface area contributed by atoms with Gasteiger partial charge >= 0.3 is 5.97 Å². The summed E-state index contributed by atoms with van der Waals surface area (Å²) in [4.78, 5) is 13.6. The third kappa shape index (κ3) is 4.56. The molecule has 33 heavy (non-hydrogen) atoms. The highest BCUT2D eigenvalue weighted by atomic mass is 32.2. The summed E-state index contributed by atoms with van der Waals surface area (Å²) >= 11 is 1.71. The Labute approximate surface area is 202 Å². The lowest BCUT2D eigenvalue weighted by Gasteiger charge is -2.36. The number of carbonyl (C=O) groups is 1. The number of methoxy groups -OCH3 is 1. The summed E-state index contributed by atoms with van der Waals surface area (Å²) in [6.45, 7) is 15.4. The van der Waals surface area contributed by atoms with Gasteiger partial charge < -0.3 is 9.84 Å². The van der Waals surface area contributed by atoms with Crippen LogP contribution in [0.4, 0.5) is 0 Å². The van der Waals surface area contributed by atoms with Crippen molar-refractivity contribution in [2.75, 3.05) is 13.7 Å². The van der Waals surface area contributed by atoms with Gasteiger partial charge in [0, 0.05) is 17.3 Å². The van der Waals surface area contributed by atoms with Crippen LogP contribution in [0.1, 0.15) is 37.1 Å². The van der Waals surface area contributed by atoms with Crippen LogP contribution in [0.15, 0.2) is 47.9 Å². The average Bonchev–Trinajstić information content (AvgIpc) is 3.09. The van der Waals surface area contributed by atoms with Crippen LogP contribution in [0.3, 0.4) is 0 Å². The molecule has 3 rings (SSSR count). The standard InChI is InChI=1S/C24H33NO5S2Si/c1-8-18-19-15-21(33(6,7)24(2,3)4)31-20(19)13-14-25(22(18)23(26)27)32(28,29)17-11-9-16(30-5)10-12-17/h8-12,15,18,22H,1,13-14H2,2-7H3,(H,26,27)/t18-,22+/m1/s1. The molecule has 1 aromatic carbocycles. The van der Waals surface area contributed by atoms with Crippen LogP contribution < -0.4 is 9.24 Å². The number of benzene rings is 1. The fourth-order valence-corrected chi connectivity index (χ4v) is 10.1. The Balaban J connectivity index is 2.10. The number of aliphatic carboxylic acids is 1. The number of rotatable bonds is 6. The number of hydrogen-bond donors (Lipinski definition) is 1. The zero-order chi connectivity index (χ0) is 24.8. The van der Waals surface area contributed by atoms with Crippen LogP contribution in [0.2, 0.25) is 18.1 Å². The minimum absolute atomic E-state index is 0.0459. The van der Waals surface area contributed by atoms with Crippen molar-refractivity contribution in [2.45, 2.75) is 62.2 Å². The quantitative estimate of drug-likeness (QED) is 0.462. The van der Waals surface area contributed by atoms with Crippen molar-refractivity contribution in [2.24, 2.45) is 0 Å². The molecule has 0 unspecified atom stereocenters. The van der Waals surface area contributed by atoms with E-state index >= 15 is 0 Å². The Kier molecular flexibility index (Phi) is 7.01. The summed E-state index contributed by atoms with van der Waals surface area (Å²) in [6.07, 6.45) is 2.06. The summed E-state index contributed by atoms with van der Waals surface area (Å²) in [7, 11) is -4.37. The van der Waals surface area contributed by atoms with Gasteiger partial charge in [-0.1, -0.05) is 39.9 Å². The molecule has 1 N–H and O–H groups in total. The van der Waals surface area contributed by atoms with Gasteiger partial charge in [0.1, 0.15) is 11.8 Å². The van der Waals surface area contributed by atoms with Gasteiger partial charge in [0.15, 0.2) is 0 Å². The molecule has 0 fully saturated rings. The SMILES string of the molecule is C=C[C@@H]1c2cc([Si](C)(C)C(C)(C)C)sc2CCN(S(=O)(=O)c2ccc(OC)cc2)[C@@H]1C(=O)O. The molecule has 180 valence electrons. The van der Waals surface area contributed by atoms with E-state index in [9.17, 15) is 18.3 Å². The summed E-state index contributed by atoms with van der Waals surface area (Å²) in [5, 5.41) is 10.3. The number of fused-ring (bicyclic) bond motifs is 1. The Morgan fingerprint density at radius 3 is 2.36 bits per heavy atom. The monoisotopic (exact) mass is 507 g/mol. The maximum atomic E-state index is 13.5. The molecule has 1 aliphatic heterocycles. The van der Waals surface area contributed by atoms with E-state index in [-0.39, 0.29) is 16.5 Å². The van der Waals surface area contributed by atoms with Crippen molar-refractivity contribution in [3.63, 3.8) is 0 Å². The van der Waals surface area contributed by atoms with E-state index in [0.717, 1.165) is 14.7 Å². The highest BCUT2D eigenvalue weighted by molar-refractivity contribution is 7.89. The average molecular weight is 508 g/mol. The number of thiophene rings is 1. The van der Waals surface area contributed by atoms with Gasteiger partial charge in [-0.15, -0.1) is 17.9 Å². The molecule has 1 aromatic heterocycles. The predicted octanol–water partition coefficient (Wildman–Crippen LogP) is 4.44. The van der Waals surface area contributed by atoms with Gasteiger partial charge in [0.25, 0.3) is 0 Å². The van der Waals surface area contributed by atoms with Crippen LogP contribution in [-0.4, -0.2) is 51.6 Å². The third-order valence-electron chi connectivity index (χ3n) is 7.07. The zero-order valence-corrected chi connectivity index (χ0v) is 22.7. The van der Waals surface area contributed by atoms with Crippen LogP contribution >= 0.6 is 11.3 Å². The second-order valence-electron chi connectivity index (χ2n) is 9.95. The molecular formula is C24H33NO5S2Si. The van der Waals surface area contributed by atoms with Gasteiger partial charge in [-0.3, -0.25) is 4.79 Å². The molecule has 0 spiro atoms. The summed E-state index contributed by atoms with van der Waals surface area (Å²) in [5.74, 6) is -1.28. The van der Waals surface area contributed by atoms with Crippen LogP contribution in [0, 0.1) is 0 Å². The van der Waals surface area contributed by atoms with E-state index in [1.54, 1.807) is 29.5 Å². The van der Waals surface area contributed by atoms with E-state index in [1.807, 2.05) is 0 Å². The van der Waals surface area contributed by atoms with Crippen molar-refractivity contribution >= 4 is 39.9 Å².